The molecule has 1 saturated heterocycles. The van der Waals surface area contributed by atoms with Gasteiger partial charge in [-0.25, -0.2) is 0 Å². The fourth-order valence-corrected chi connectivity index (χ4v) is 5.87. The van der Waals surface area contributed by atoms with Crippen molar-refractivity contribution in [1.82, 2.24) is 14.8 Å². The number of fused-ring (bicyclic) bond motifs is 1. The first-order valence-corrected chi connectivity index (χ1v) is 13.3. The zero-order chi connectivity index (χ0) is 23.3. The van der Waals surface area contributed by atoms with E-state index in [1.54, 1.807) is 0 Å². The molecule has 34 heavy (non-hydrogen) atoms. The molecule has 0 radical (unpaired) electrons. The van der Waals surface area contributed by atoms with Gasteiger partial charge >= 0.3 is 0 Å². The van der Waals surface area contributed by atoms with Crippen LogP contribution in [0, 0.1) is 12.8 Å². The van der Waals surface area contributed by atoms with Gasteiger partial charge in [-0.1, -0.05) is 68.1 Å². The molecule has 0 bridgehead atoms. The summed E-state index contributed by atoms with van der Waals surface area (Å²) in [7, 11) is 0. The molecule has 0 atom stereocenters. The summed E-state index contributed by atoms with van der Waals surface area (Å²) >= 11 is 0. The Bertz CT molecular complexity index is 1100. The average molecular weight is 458 g/mol. The molecule has 2 aromatic carbocycles. The van der Waals surface area contributed by atoms with Crippen LogP contribution in [0.1, 0.15) is 68.2 Å². The van der Waals surface area contributed by atoms with Crippen LogP contribution in [0.25, 0.3) is 10.9 Å². The van der Waals surface area contributed by atoms with Crippen LogP contribution in [0.15, 0.2) is 54.6 Å². The maximum Gasteiger partial charge on any atom is 0.223 e. The van der Waals surface area contributed by atoms with E-state index in [1.807, 2.05) is 0 Å². The molecule has 1 aromatic heterocycles. The molecular formula is C30H39N3O. The number of carbonyl (C=O) groups is 1. The van der Waals surface area contributed by atoms with Crippen LogP contribution in [0.3, 0.4) is 0 Å². The van der Waals surface area contributed by atoms with E-state index in [0.29, 0.717) is 11.9 Å². The molecule has 1 saturated carbocycles. The predicted octanol–water partition coefficient (Wildman–Crippen LogP) is 6.05. The van der Waals surface area contributed by atoms with Crippen LogP contribution in [0.5, 0.6) is 0 Å². The third-order valence-electron chi connectivity index (χ3n) is 8.03. The maximum atomic E-state index is 12.9. The lowest BCUT2D eigenvalue weighted by molar-refractivity contribution is -0.127. The van der Waals surface area contributed by atoms with E-state index in [9.17, 15) is 4.79 Å². The standard InChI is InChI=1S/C30H39N3O/c1-23-10-6-7-12-26(23)21-33-28(20-25-11-8-9-15-29(25)33)22-32-18-16-24(17-19-32)30(34)31-27-13-4-2-3-5-14-27/h6-12,15,20,24,27H,2-5,13-14,16-19,21-22H2,1H3,(H,31,34). The summed E-state index contributed by atoms with van der Waals surface area (Å²) in [6.45, 7) is 6.03. The molecule has 180 valence electrons. The van der Waals surface area contributed by atoms with Crippen molar-refractivity contribution in [2.75, 3.05) is 13.1 Å². The first kappa shape index (κ1) is 23.2. The van der Waals surface area contributed by atoms with Crippen LogP contribution in [-0.2, 0) is 17.9 Å². The highest BCUT2D eigenvalue weighted by atomic mass is 16.1. The molecule has 0 unspecified atom stereocenters. The molecule has 1 amide bonds. The summed E-state index contributed by atoms with van der Waals surface area (Å²) in [4.78, 5) is 15.5. The lowest BCUT2D eigenvalue weighted by Crippen LogP contribution is -2.43. The van der Waals surface area contributed by atoms with Crippen molar-refractivity contribution in [1.29, 1.82) is 0 Å². The van der Waals surface area contributed by atoms with Crippen molar-refractivity contribution < 1.29 is 4.79 Å². The highest BCUT2D eigenvalue weighted by Crippen LogP contribution is 2.26. The Hall–Kier alpha value is -2.59. The number of likely N-dealkylation sites (tertiary alicyclic amines) is 1. The highest BCUT2D eigenvalue weighted by molar-refractivity contribution is 5.81. The zero-order valence-corrected chi connectivity index (χ0v) is 20.6. The Balaban J connectivity index is 1.24. The van der Waals surface area contributed by atoms with Gasteiger partial charge in [0.15, 0.2) is 0 Å². The molecule has 1 aliphatic heterocycles. The van der Waals surface area contributed by atoms with E-state index in [-0.39, 0.29) is 5.92 Å². The molecular weight excluding hydrogens is 418 g/mol. The quantitative estimate of drug-likeness (QED) is 0.458. The number of para-hydroxylation sites is 1. The van der Waals surface area contributed by atoms with E-state index in [1.165, 1.54) is 53.4 Å². The van der Waals surface area contributed by atoms with Crippen LogP contribution >= 0.6 is 0 Å². The minimum absolute atomic E-state index is 0.178. The molecule has 1 aliphatic carbocycles. The van der Waals surface area contributed by atoms with Gasteiger partial charge in [0.1, 0.15) is 0 Å². The van der Waals surface area contributed by atoms with Crippen LogP contribution < -0.4 is 5.32 Å². The molecule has 2 heterocycles. The van der Waals surface area contributed by atoms with E-state index >= 15 is 0 Å². The molecule has 2 aliphatic rings. The molecule has 0 spiro atoms. The van der Waals surface area contributed by atoms with Crippen molar-refractivity contribution in [3.8, 4) is 0 Å². The van der Waals surface area contributed by atoms with Crippen molar-refractivity contribution in [2.24, 2.45) is 5.92 Å². The first-order chi connectivity index (χ1) is 16.7. The monoisotopic (exact) mass is 457 g/mol. The fraction of sp³-hybridized carbons (Fsp3) is 0.500. The predicted molar refractivity (Wildman–Crippen MR) is 140 cm³/mol. The number of piperidine rings is 1. The second kappa shape index (κ2) is 10.8. The van der Waals surface area contributed by atoms with E-state index in [2.05, 4.69) is 76.3 Å². The van der Waals surface area contributed by atoms with Gasteiger partial charge in [0, 0.05) is 36.3 Å². The minimum Gasteiger partial charge on any atom is -0.353 e. The minimum atomic E-state index is 0.178. The second-order valence-corrected chi connectivity index (χ2v) is 10.5. The summed E-state index contributed by atoms with van der Waals surface area (Å²) < 4.78 is 2.49. The number of nitrogens with zero attached hydrogens (tertiary/aromatic N) is 2. The van der Waals surface area contributed by atoms with Crippen LogP contribution in [0.4, 0.5) is 0 Å². The summed E-state index contributed by atoms with van der Waals surface area (Å²) in [6.07, 6.45) is 9.44. The average Bonchev–Trinajstić information content (AvgIpc) is 3.00. The molecule has 2 fully saturated rings. The highest BCUT2D eigenvalue weighted by Gasteiger charge is 2.27. The Kier molecular flexibility index (Phi) is 7.34. The van der Waals surface area contributed by atoms with Crippen molar-refractivity contribution in [3.05, 3.63) is 71.4 Å². The molecule has 4 heteroatoms. The fourth-order valence-electron chi connectivity index (χ4n) is 5.87. The Labute approximate surface area is 204 Å². The van der Waals surface area contributed by atoms with E-state index in [0.717, 1.165) is 51.9 Å². The number of hydrogen-bond acceptors (Lipinski definition) is 2. The number of aryl methyl sites for hydroxylation is 1. The normalized spacial score (nSPS) is 18.7. The summed E-state index contributed by atoms with van der Waals surface area (Å²) in [5, 5.41) is 4.70. The van der Waals surface area contributed by atoms with Gasteiger partial charge < -0.3 is 9.88 Å². The van der Waals surface area contributed by atoms with Gasteiger partial charge in [0.25, 0.3) is 0 Å². The number of benzene rings is 2. The SMILES string of the molecule is Cc1ccccc1Cn1c(CN2CCC(C(=O)NC3CCCCCC3)CC2)cc2ccccc21. The largest absolute Gasteiger partial charge is 0.353 e. The molecule has 5 rings (SSSR count). The first-order valence-electron chi connectivity index (χ1n) is 13.3. The second-order valence-electron chi connectivity index (χ2n) is 10.5. The Morgan fingerprint density at radius 1 is 0.882 bits per heavy atom. The Morgan fingerprint density at radius 2 is 1.59 bits per heavy atom. The van der Waals surface area contributed by atoms with Gasteiger partial charge in [-0.3, -0.25) is 9.69 Å². The molecule has 3 aromatic rings. The number of carbonyl (C=O) groups excluding carboxylic acids is 1. The number of hydrogen-bond donors (Lipinski definition) is 1. The smallest absolute Gasteiger partial charge is 0.223 e. The van der Waals surface area contributed by atoms with Gasteiger partial charge in [-0.15, -0.1) is 0 Å². The zero-order valence-electron chi connectivity index (χ0n) is 20.6. The number of amides is 1. The third kappa shape index (κ3) is 5.38. The summed E-state index contributed by atoms with van der Waals surface area (Å²) in [5.74, 6) is 0.484. The van der Waals surface area contributed by atoms with E-state index in [4.69, 9.17) is 0 Å². The van der Waals surface area contributed by atoms with Crippen molar-refractivity contribution in [3.63, 3.8) is 0 Å². The van der Waals surface area contributed by atoms with Crippen LogP contribution in [0.2, 0.25) is 0 Å². The van der Waals surface area contributed by atoms with E-state index < -0.39 is 0 Å². The lowest BCUT2D eigenvalue weighted by Gasteiger charge is -2.32. The maximum absolute atomic E-state index is 12.9. The molecule has 1 N–H and O–H groups in total. The lowest BCUT2D eigenvalue weighted by atomic mass is 9.95. The summed E-state index contributed by atoms with van der Waals surface area (Å²) in [5.41, 5.74) is 5.38. The summed E-state index contributed by atoms with van der Waals surface area (Å²) in [6, 6.07) is 20.2. The topological polar surface area (TPSA) is 37.3 Å². The van der Waals surface area contributed by atoms with Crippen LogP contribution in [-0.4, -0.2) is 34.5 Å². The van der Waals surface area contributed by atoms with Gasteiger partial charge in [0.2, 0.25) is 5.91 Å². The van der Waals surface area contributed by atoms with Gasteiger partial charge in [-0.05, 0) is 74.3 Å². The number of rotatable bonds is 6. The third-order valence-corrected chi connectivity index (χ3v) is 8.03. The molecule has 4 nitrogen and oxygen atoms in total. The van der Waals surface area contributed by atoms with Crippen molar-refractivity contribution in [2.45, 2.75) is 77.4 Å². The van der Waals surface area contributed by atoms with Gasteiger partial charge in [-0.2, -0.15) is 0 Å². The van der Waals surface area contributed by atoms with Crippen molar-refractivity contribution >= 4 is 16.8 Å². The van der Waals surface area contributed by atoms with Gasteiger partial charge in [0.05, 0.1) is 0 Å². The number of nitrogens with one attached hydrogen (secondary N) is 1. The Morgan fingerprint density at radius 3 is 2.35 bits per heavy atom. The number of aromatic nitrogens is 1.